The molecule has 0 saturated carbocycles. The first kappa shape index (κ1) is 22.9. The molecule has 0 bridgehead atoms. The van der Waals surface area contributed by atoms with Crippen molar-refractivity contribution in [2.75, 3.05) is 49.1 Å². The van der Waals surface area contributed by atoms with Gasteiger partial charge in [-0.3, -0.25) is 0 Å². The van der Waals surface area contributed by atoms with Crippen molar-refractivity contribution in [2.45, 2.75) is 19.9 Å². The summed E-state index contributed by atoms with van der Waals surface area (Å²) in [5.41, 5.74) is 1.90. The van der Waals surface area contributed by atoms with Gasteiger partial charge in [0.1, 0.15) is 5.75 Å². The third-order valence-corrected chi connectivity index (χ3v) is 7.24. The predicted molar refractivity (Wildman–Crippen MR) is 124 cm³/mol. The van der Waals surface area contributed by atoms with Crippen LogP contribution in [0.3, 0.4) is 0 Å². The van der Waals surface area contributed by atoms with Gasteiger partial charge >= 0.3 is 6.09 Å². The topological polar surface area (TPSA) is 70.2 Å². The molecule has 2 heterocycles. The third-order valence-electron chi connectivity index (χ3n) is 5.63. The van der Waals surface area contributed by atoms with Gasteiger partial charge < -0.3 is 19.4 Å². The summed E-state index contributed by atoms with van der Waals surface area (Å²) in [6.45, 7) is 10.7. The van der Waals surface area contributed by atoms with Crippen LogP contribution in [0, 0.1) is 0 Å². The van der Waals surface area contributed by atoms with E-state index in [0.717, 1.165) is 11.4 Å². The van der Waals surface area contributed by atoms with E-state index in [-0.39, 0.29) is 23.6 Å². The molecule has 0 spiro atoms. The number of hydrogen-bond donors (Lipinski definition) is 0. The summed E-state index contributed by atoms with van der Waals surface area (Å²) in [6.07, 6.45) is 7.43. The molecule has 2 aliphatic heterocycles. The van der Waals surface area contributed by atoms with E-state index in [9.17, 15) is 13.2 Å². The van der Waals surface area contributed by atoms with Crippen LogP contribution in [0.25, 0.3) is 0 Å². The second-order valence-electron chi connectivity index (χ2n) is 7.81. The molecule has 1 aromatic carbocycles. The molecule has 2 aliphatic rings. The molecule has 1 amide bonds. The number of amides is 1. The Morgan fingerprint density at radius 3 is 2.58 bits per heavy atom. The molecule has 0 aliphatic carbocycles. The molecule has 1 atom stereocenters. The first-order valence-electron chi connectivity index (χ1n) is 10.6. The first-order valence-corrected chi connectivity index (χ1v) is 12.4. The molecule has 1 aromatic rings. The van der Waals surface area contributed by atoms with Crippen LogP contribution >= 0.6 is 0 Å². The van der Waals surface area contributed by atoms with Gasteiger partial charge in [-0.15, -0.1) is 0 Å². The zero-order valence-corrected chi connectivity index (χ0v) is 19.1. The number of anilines is 1. The van der Waals surface area contributed by atoms with E-state index in [0.29, 0.717) is 38.5 Å². The van der Waals surface area contributed by atoms with Gasteiger partial charge in [0.15, 0.2) is 9.84 Å². The molecule has 3 rings (SSSR count). The standard InChI is InChI=1S/C23H31N3O4S/c1-4-6-8-20(5-2)25-11-12-26(19(3)18-25)23(27)30-22-10-7-9-21(17-22)24-13-15-31(28,29)16-14-24/h4-10,17,19H,2,11-16,18H2,1,3H3/b6-4-,20-8+. The maximum absolute atomic E-state index is 12.8. The van der Waals surface area contributed by atoms with Crippen molar-refractivity contribution < 1.29 is 17.9 Å². The summed E-state index contributed by atoms with van der Waals surface area (Å²) in [6, 6.07) is 7.27. The van der Waals surface area contributed by atoms with Crippen molar-refractivity contribution in [1.82, 2.24) is 9.80 Å². The normalized spacial score (nSPS) is 21.9. The minimum Gasteiger partial charge on any atom is -0.410 e. The van der Waals surface area contributed by atoms with Crippen molar-refractivity contribution in [3.63, 3.8) is 0 Å². The summed E-state index contributed by atoms with van der Waals surface area (Å²) in [5.74, 6) is 0.757. The Bertz CT molecular complexity index is 957. The van der Waals surface area contributed by atoms with Gasteiger partial charge in [0.2, 0.25) is 0 Å². The van der Waals surface area contributed by atoms with Crippen LogP contribution in [0.4, 0.5) is 10.5 Å². The van der Waals surface area contributed by atoms with Crippen molar-refractivity contribution in [3.05, 3.63) is 60.8 Å². The van der Waals surface area contributed by atoms with Crippen LogP contribution in [0.2, 0.25) is 0 Å². The van der Waals surface area contributed by atoms with E-state index in [1.807, 2.05) is 55.2 Å². The lowest BCUT2D eigenvalue weighted by Gasteiger charge is -2.40. The van der Waals surface area contributed by atoms with E-state index in [2.05, 4.69) is 11.5 Å². The largest absolute Gasteiger partial charge is 0.415 e. The second-order valence-corrected chi connectivity index (χ2v) is 10.1. The summed E-state index contributed by atoms with van der Waals surface area (Å²) in [5, 5.41) is 0. The van der Waals surface area contributed by atoms with Gasteiger partial charge in [0.05, 0.1) is 11.5 Å². The fourth-order valence-corrected chi connectivity index (χ4v) is 5.04. The smallest absolute Gasteiger partial charge is 0.410 e. The van der Waals surface area contributed by atoms with Gasteiger partial charge in [-0.1, -0.05) is 24.8 Å². The summed E-state index contributed by atoms with van der Waals surface area (Å²) in [4.78, 5) is 18.8. The van der Waals surface area contributed by atoms with Gasteiger partial charge in [0.25, 0.3) is 0 Å². The van der Waals surface area contributed by atoms with Crippen LogP contribution in [-0.4, -0.2) is 74.6 Å². The van der Waals surface area contributed by atoms with E-state index >= 15 is 0 Å². The predicted octanol–water partition coefficient (Wildman–Crippen LogP) is 3.07. The summed E-state index contributed by atoms with van der Waals surface area (Å²) >= 11 is 0. The number of allylic oxidation sites excluding steroid dienone is 4. The average molecular weight is 446 g/mol. The molecular weight excluding hydrogens is 414 g/mol. The zero-order valence-electron chi connectivity index (χ0n) is 18.2. The van der Waals surface area contributed by atoms with Crippen LogP contribution in [0.15, 0.2) is 60.8 Å². The monoisotopic (exact) mass is 445 g/mol. The summed E-state index contributed by atoms with van der Waals surface area (Å²) < 4.78 is 29.0. The molecule has 7 nitrogen and oxygen atoms in total. The second kappa shape index (κ2) is 10.0. The molecule has 8 heteroatoms. The highest BCUT2D eigenvalue weighted by molar-refractivity contribution is 7.91. The SMILES string of the molecule is C=C/C(=C\C=C/C)N1CCN(C(=O)Oc2cccc(N3CCS(=O)(=O)CC3)c2)C(C)C1. The minimum atomic E-state index is -2.94. The van der Waals surface area contributed by atoms with Crippen molar-refractivity contribution in [2.24, 2.45) is 0 Å². The number of piperazine rings is 1. The lowest BCUT2D eigenvalue weighted by atomic mass is 10.1. The van der Waals surface area contributed by atoms with Crippen LogP contribution in [-0.2, 0) is 9.84 Å². The number of rotatable bonds is 5. The van der Waals surface area contributed by atoms with Crippen LogP contribution < -0.4 is 9.64 Å². The lowest BCUT2D eigenvalue weighted by Crippen LogP contribution is -2.54. The Morgan fingerprint density at radius 1 is 1.19 bits per heavy atom. The maximum atomic E-state index is 12.8. The maximum Gasteiger partial charge on any atom is 0.415 e. The van der Waals surface area contributed by atoms with E-state index < -0.39 is 9.84 Å². The number of hydrogen-bond acceptors (Lipinski definition) is 6. The Balaban J connectivity index is 1.61. The molecule has 0 N–H and O–H groups in total. The number of nitrogens with zero attached hydrogens (tertiary/aromatic N) is 3. The molecule has 1 unspecified atom stereocenters. The number of benzene rings is 1. The van der Waals surface area contributed by atoms with Gasteiger partial charge in [-0.05, 0) is 38.1 Å². The third kappa shape index (κ3) is 5.91. The highest BCUT2D eigenvalue weighted by Gasteiger charge is 2.29. The minimum absolute atomic E-state index is 0.00862. The molecule has 2 fully saturated rings. The van der Waals surface area contributed by atoms with E-state index in [1.54, 1.807) is 17.0 Å². The zero-order chi connectivity index (χ0) is 22.4. The Morgan fingerprint density at radius 2 is 1.94 bits per heavy atom. The summed E-state index contributed by atoms with van der Waals surface area (Å²) in [7, 11) is -2.94. The fraction of sp³-hybridized carbons (Fsp3) is 0.435. The Kier molecular flexibility index (Phi) is 7.43. The molecule has 0 aromatic heterocycles. The quantitative estimate of drug-likeness (QED) is 0.649. The van der Waals surface area contributed by atoms with Gasteiger partial charge in [0, 0.05) is 56.2 Å². The molecular formula is C23H31N3O4S. The Labute approximate surface area is 185 Å². The lowest BCUT2D eigenvalue weighted by molar-refractivity contribution is 0.0931. The molecule has 168 valence electrons. The van der Waals surface area contributed by atoms with E-state index in [4.69, 9.17) is 4.74 Å². The van der Waals surface area contributed by atoms with Crippen molar-refractivity contribution in [3.8, 4) is 5.75 Å². The number of carbonyl (C=O) groups is 1. The van der Waals surface area contributed by atoms with E-state index in [1.165, 1.54) is 0 Å². The number of ether oxygens (including phenoxy) is 1. The molecule has 0 radical (unpaired) electrons. The highest BCUT2D eigenvalue weighted by Crippen LogP contribution is 2.24. The highest BCUT2D eigenvalue weighted by atomic mass is 32.2. The first-order chi connectivity index (χ1) is 14.8. The molecule has 31 heavy (non-hydrogen) atoms. The van der Waals surface area contributed by atoms with Gasteiger partial charge in [-0.2, -0.15) is 0 Å². The fourth-order valence-electron chi connectivity index (χ4n) is 3.83. The number of sulfone groups is 1. The molecule has 2 saturated heterocycles. The van der Waals surface area contributed by atoms with Crippen LogP contribution in [0.5, 0.6) is 5.75 Å². The number of carbonyl (C=O) groups excluding carboxylic acids is 1. The van der Waals surface area contributed by atoms with Crippen molar-refractivity contribution >= 4 is 21.6 Å². The Hall–Kier alpha value is -2.74. The van der Waals surface area contributed by atoms with Crippen molar-refractivity contribution in [1.29, 1.82) is 0 Å². The van der Waals surface area contributed by atoms with Crippen LogP contribution in [0.1, 0.15) is 13.8 Å². The average Bonchev–Trinajstić information content (AvgIpc) is 2.74. The van der Waals surface area contributed by atoms with Gasteiger partial charge in [-0.25, -0.2) is 13.2 Å².